The zero-order chi connectivity index (χ0) is 6.41. The monoisotopic (exact) mass is 119 g/mol. The highest BCUT2D eigenvalue weighted by atomic mass is 16.8. The van der Waals surface area contributed by atoms with E-state index in [0.29, 0.717) is 0 Å². The Balaban J connectivity index is 3.20. The van der Waals surface area contributed by atoms with Gasteiger partial charge in [0.1, 0.15) is 0 Å². The minimum absolute atomic E-state index is 0.924. The average Bonchev–Trinajstić information content (AvgIpc) is 1.83. The van der Waals surface area contributed by atoms with Gasteiger partial charge in [-0.15, -0.1) is 0 Å². The van der Waals surface area contributed by atoms with Gasteiger partial charge in [0, 0.05) is 14.2 Å². The van der Waals surface area contributed by atoms with Gasteiger partial charge in [0.2, 0.25) is 0 Å². The van der Waals surface area contributed by atoms with Crippen molar-refractivity contribution in [2.75, 3.05) is 14.2 Å². The molecule has 0 aromatic carbocycles. The van der Waals surface area contributed by atoms with Crippen LogP contribution in [0.4, 0.5) is 0 Å². The van der Waals surface area contributed by atoms with E-state index in [-0.39, 0.29) is 0 Å². The van der Waals surface area contributed by atoms with Crippen molar-refractivity contribution in [1.82, 2.24) is 0 Å². The quantitative estimate of drug-likeness (QED) is 0.474. The molecule has 0 saturated heterocycles. The molecule has 0 aliphatic rings. The number of hydrogen-bond donors (Lipinski definition) is 0. The standard InChI is InChI=1S/C4H7O4/c1-6-4(7-2)8-3-5/h4H,1-2H3. The zero-order valence-corrected chi connectivity index (χ0v) is 4.71. The molecule has 0 fully saturated rings. The van der Waals surface area contributed by atoms with Gasteiger partial charge in [-0.05, 0) is 0 Å². The third-order valence-electron chi connectivity index (χ3n) is 0.529. The first-order valence-electron chi connectivity index (χ1n) is 1.93. The Morgan fingerprint density at radius 2 is 1.88 bits per heavy atom. The smallest absolute Gasteiger partial charge is 0.402 e. The third kappa shape index (κ3) is 2.54. The maximum atomic E-state index is 9.43. The first-order chi connectivity index (χ1) is 3.85. The molecule has 0 amide bonds. The van der Waals surface area contributed by atoms with E-state index in [1.54, 1.807) is 0 Å². The summed E-state index contributed by atoms with van der Waals surface area (Å²) in [6.45, 7) is 0.246. The molecule has 4 nitrogen and oxygen atoms in total. The molecule has 0 heterocycles. The topological polar surface area (TPSA) is 44.8 Å². The second-order valence-corrected chi connectivity index (χ2v) is 0.961. The van der Waals surface area contributed by atoms with Gasteiger partial charge < -0.3 is 14.2 Å². The molecule has 0 aliphatic heterocycles. The van der Waals surface area contributed by atoms with Gasteiger partial charge >= 0.3 is 12.9 Å². The fourth-order valence-corrected chi connectivity index (χ4v) is 0.232. The summed E-state index contributed by atoms with van der Waals surface area (Å²) in [5, 5.41) is 0. The molecule has 8 heavy (non-hydrogen) atoms. The number of carbonyl (C=O) groups excluding carboxylic acids is 1. The minimum Gasteiger partial charge on any atom is -0.402 e. The summed E-state index contributed by atoms with van der Waals surface area (Å²) in [5.41, 5.74) is 0. The van der Waals surface area contributed by atoms with E-state index in [4.69, 9.17) is 0 Å². The van der Waals surface area contributed by atoms with Crippen LogP contribution in [0.5, 0.6) is 0 Å². The van der Waals surface area contributed by atoms with Crippen LogP contribution >= 0.6 is 0 Å². The van der Waals surface area contributed by atoms with Crippen LogP contribution in [-0.2, 0) is 19.0 Å². The van der Waals surface area contributed by atoms with Gasteiger partial charge in [-0.1, -0.05) is 0 Å². The first-order valence-corrected chi connectivity index (χ1v) is 1.93. The second-order valence-electron chi connectivity index (χ2n) is 0.961. The summed E-state index contributed by atoms with van der Waals surface area (Å²) in [7, 11) is 2.71. The van der Waals surface area contributed by atoms with Crippen molar-refractivity contribution in [3.05, 3.63) is 0 Å². The molecule has 0 atom stereocenters. The molecule has 0 saturated carbocycles. The summed E-state index contributed by atoms with van der Waals surface area (Å²) in [5.74, 6) is 0. The van der Waals surface area contributed by atoms with Gasteiger partial charge in [0.05, 0.1) is 0 Å². The molecule has 0 N–H and O–H groups in total. The second kappa shape index (κ2) is 4.55. The fourth-order valence-electron chi connectivity index (χ4n) is 0.232. The summed E-state index contributed by atoms with van der Waals surface area (Å²) in [6, 6.07) is 0. The molecular weight excluding hydrogens is 112 g/mol. The normalized spacial score (nSPS) is 9.38. The molecule has 4 heteroatoms. The van der Waals surface area contributed by atoms with E-state index in [9.17, 15) is 4.79 Å². The van der Waals surface area contributed by atoms with Gasteiger partial charge in [-0.2, -0.15) is 0 Å². The zero-order valence-electron chi connectivity index (χ0n) is 4.71. The van der Waals surface area contributed by atoms with E-state index in [1.165, 1.54) is 20.7 Å². The van der Waals surface area contributed by atoms with E-state index in [0.717, 1.165) is 0 Å². The van der Waals surface area contributed by atoms with Crippen LogP contribution in [0.15, 0.2) is 0 Å². The van der Waals surface area contributed by atoms with Crippen molar-refractivity contribution in [3.8, 4) is 0 Å². The Labute approximate surface area is 47.3 Å². The molecular formula is C4H7O4. The summed E-state index contributed by atoms with van der Waals surface area (Å²) in [4.78, 5) is 9.43. The molecule has 0 bridgehead atoms. The van der Waals surface area contributed by atoms with Crippen LogP contribution in [0.1, 0.15) is 0 Å². The van der Waals surface area contributed by atoms with E-state index in [2.05, 4.69) is 14.2 Å². The van der Waals surface area contributed by atoms with Crippen molar-refractivity contribution in [2.45, 2.75) is 6.48 Å². The Morgan fingerprint density at radius 3 is 2.00 bits per heavy atom. The lowest BCUT2D eigenvalue weighted by Gasteiger charge is -2.07. The van der Waals surface area contributed by atoms with Gasteiger partial charge in [0.25, 0.3) is 0 Å². The minimum atomic E-state index is -0.924. The number of rotatable bonds is 4. The largest absolute Gasteiger partial charge is 0.421 e. The molecule has 47 valence electrons. The van der Waals surface area contributed by atoms with Crippen molar-refractivity contribution in [1.29, 1.82) is 0 Å². The summed E-state index contributed by atoms with van der Waals surface area (Å²) in [6.07, 6.45) is 0. The maximum Gasteiger partial charge on any atom is 0.421 e. The molecule has 0 aromatic heterocycles. The van der Waals surface area contributed by atoms with E-state index in [1.807, 2.05) is 0 Å². The number of hydrogen-bond acceptors (Lipinski definition) is 4. The van der Waals surface area contributed by atoms with Crippen LogP contribution in [-0.4, -0.2) is 27.2 Å². The first kappa shape index (κ1) is 7.39. The van der Waals surface area contributed by atoms with Crippen molar-refractivity contribution in [3.63, 3.8) is 0 Å². The molecule has 0 unspecified atom stereocenters. The number of methoxy groups -OCH3 is 2. The van der Waals surface area contributed by atoms with Crippen molar-refractivity contribution in [2.24, 2.45) is 0 Å². The lowest BCUT2D eigenvalue weighted by molar-refractivity contribution is -0.226. The van der Waals surface area contributed by atoms with Crippen LogP contribution in [0.25, 0.3) is 0 Å². The van der Waals surface area contributed by atoms with Crippen LogP contribution in [0.2, 0.25) is 0 Å². The molecule has 0 aliphatic carbocycles. The Morgan fingerprint density at radius 1 is 1.38 bits per heavy atom. The Kier molecular flexibility index (Phi) is 4.20. The summed E-state index contributed by atoms with van der Waals surface area (Å²) < 4.78 is 13.0. The molecule has 1 radical (unpaired) electrons. The SMILES string of the molecule is COC(OC)O[C]=O. The maximum absolute atomic E-state index is 9.43. The van der Waals surface area contributed by atoms with Crippen LogP contribution in [0.3, 0.4) is 0 Å². The van der Waals surface area contributed by atoms with Gasteiger partial charge in [-0.3, -0.25) is 0 Å². The molecule has 0 rings (SSSR count). The third-order valence-corrected chi connectivity index (χ3v) is 0.529. The highest BCUT2D eigenvalue weighted by molar-refractivity contribution is 5.38. The van der Waals surface area contributed by atoms with Crippen LogP contribution < -0.4 is 0 Å². The highest BCUT2D eigenvalue weighted by Gasteiger charge is 2.01. The van der Waals surface area contributed by atoms with E-state index >= 15 is 0 Å². The van der Waals surface area contributed by atoms with Gasteiger partial charge in [0.15, 0.2) is 0 Å². The molecule has 0 aromatic rings. The summed E-state index contributed by atoms with van der Waals surface area (Å²) >= 11 is 0. The van der Waals surface area contributed by atoms with E-state index < -0.39 is 6.48 Å². The lowest BCUT2D eigenvalue weighted by Crippen LogP contribution is -2.15. The molecule has 0 spiro atoms. The lowest BCUT2D eigenvalue weighted by atomic mass is 11.2. The van der Waals surface area contributed by atoms with Crippen LogP contribution in [0, 0.1) is 0 Å². The Bertz CT molecular complexity index is 59.1. The number of ether oxygens (including phenoxy) is 3. The fraction of sp³-hybridized carbons (Fsp3) is 0.750. The van der Waals surface area contributed by atoms with Gasteiger partial charge in [-0.25, -0.2) is 4.79 Å². The highest BCUT2D eigenvalue weighted by Crippen LogP contribution is 1.88. The predicted octanol–water partition coefficient (Wildman–Crippen LogP) is -0.353. The van der Waals surface area contributed by atoms with Crippen molar-refractivity contribution < 1.29 is 19.0 Å². The Hall–Kier alpha value is -0.610. The predicted molar refractivity (Wildman–Crippen MR) is 24.6 cm³/mol. The van der Waals surface area contributed by atoms with Crippen molar-refractivity contribution >= 4 is 6.47 Å². The average molecular weight is 119 g/mol.